The molecule has 0 aliphatic carbocycles. The van der Waals surface area contributed by atoms with Gasteiger partial charge in [0.2, 0.25) is 0 Å². The lowest BCUT2D eigenvalue weighted by atomic mass is 9.96. The fourth-order valence-corrected chi connectivity index (χ4v) is 3.40. The zero-order valence-electron chi connectivity index (χ0n) is 18.9. The van der Waals surface area contributed by atoms with E-state index in [1.54, 1.807) is 19.2 Å². The highest BCUT2D eigenvalue weighted by Gasteiger charge is 2.19. The summed E-state index contributed by atoms with van der Waals surface area (Å²) in [6.45, 7) is 8.26. The summed E-state index contributed by atoms with van der Waals surface area (Å²) in [5.41, 5.74) is 4.75. The number of carbonyl (C=O) groups is 1. The average Bonchev–Trinajstić information content (AvgIpc) is 2.81. The molecular weight excluding hydrogens is 398 g/mol. The summed E-state index contributed by atoms with van der Waals surface area (Å²) in [5, 5.41) is 0. The lowest BCUT2D eigenvalue weighted by Gasteiger charge is -2.16. The van der Waals surface area contributed by atoms with Crippen molar-refractivity contribution in [2.45, 2.75) is 33.3 Å². The lowest BCUT2D eigenvalue weighted by molar-refractivity contribution is 0.0982. The summed E-state index contributed by atoms with van der Waals surface area (Å²) in [6.07, 6.45) is 1.04. The molecule has 3 aromatic rings. The average molecular weight is 428 g/mol. The minimum atomic E-state index is 0.0150. The molecule has 3 aromatic carbocycles. The number of nitrogens with zero attached hydrogens (tertiary/aromatic N) is 1. The van der Waals surface area contributed by atoms with E-state index in [0.29, 0.717) is 47.8 Å². The van der Waals surface area contributed by atoms with Crippen LogP contribution in [0, 0.1) is 0 Å². The summed E-state index contributed by atoms with van der Waals surface area (Å²) in [7, 11) is 1.59. The van der Waals surface area contributed by atoms with Crippen molar-refractivity contribution < 1.29 is 14.3 Å². The van der Waals surface area contributed by atoms with E-state index in [1.165, 1.54) is 0 Å². The van der Waals surface area contributed by atoms with Crippen molar-refractivity contribution in [2.24, 2.45) is 4.99 Å². The number of aryl methyl sites for hydroxylation is 1. The summed E-state index contributed by atoms with van der Waals surface area (Å²) in [6, 6.07) is 23.4. The van der Waals surface area contributed by atoms with Gasteiger partial charge in [0, 0.05) is 23.3 Å². The first-order valence-electron chi connectivity index (χ1n) is 10.6. The maximum atomic E-state index is 13.3. The molecule has 164 valence electrons. The Morgan fingerprint density at radius 2 is 1.47 bits per heavy atom. The normalized spacial score (nSPS) is 10.3. The molecule has 4 heteroatoms. The van der Waals surface area contributed by atoms with Gasteiger partial charge in [-0.15, -0.1) is 0 Å². The number of ether oxygens (including phenoxy) is 2. The highest BCUT2D eigenvalue weighted by molar-refractivity contribution is 6.02. The third-order valence-corrected chi connectivity index (χ3v) is 4.99. The number of rotatable bonds is 10. The van der Waals surface area contributed by atoms with Crippen LogP contribution >= 0.6 is 0 Å². The lowest BCUT2D eigenvalue weighted by Crippen LogP contribution is -2.07. The number of carbonyl (C=O) groups excluding carboxylic acids is 1. The number of methoxy groups -OCH3 is 1. The van der Waals surface area contributed by atoms with Crippen LogP contribution in [-0.2, 0) is 13.0 Å². The number of benzene rings is 3. The maximum absolute atomic E-state index is 13.3. The van der Waals surface area contributed by atoms with Crippen molar-refractivity contribution in [1.82, 2.24) is 0 Å². The highest BCUT2D eigenvalue weighted by Crippen LogP contribution is 2.35. The molecule has 0 aliphatic rings. The highest BCUT2D eigenvalue weighted by atomic mass is 16.5. The van der Waals surface area contributed by atoms with Crippen LogP contribution in [0.5, 0.6) is 11.5 Å². The topological polar surface area (TPSA) is 47.9 Å². The molecule has 0 spiro atoms. The maximum Gasteiger partial charge on any atom is 0.164 e. The Labute approximate surface area is 190 Å². The van der Waals surface area contributed by atoms with Crippen LogP contribution in [0.3, 0.4) is 0 Å². The standard InChI is InChI=1S/C28H29NO3/c1-20(2)29-21(3)24-17-27(31-4)28(32-19-23-13-9-6-10-14-23)18-25(24)26(30)16-15-22-11-7-5-8-12-22/h5-14,17-18H,3,15-16,19H2,1-2,4H3. The van der Waals surface area contributed by atoms with E-state index in [-0.39, 0.29) is 5.78 Å². The van der Waals surface area contributed by atoms with Crippen LogP contribution in [0.15, 0.2) is 84.4 Å². The quantitative estimate of drug-likeness (QED) is 0.273. The van der Waals surface area contributed by atoms with Gasteiger partial charge in [0.15, 0.2) is 17.3 Å². The Balaban J connectivity index is 1.93. The molecule has 0 aliphatic heterocycles. The van der Waals surface area contributed by atoms with Crippen molar-refractivity contribution in [3.63, 3.8) is 0 Å². The number of ketones is 1. The summed E-state index contributed by atoms with van der Waals surface area (Å²) in [4.78, 5) is 17.8. The summed E-state index contributed by atoms with van der Waals surface area (Å²) >= 11 is 0. The number of Topliss-reactive ketones (excluding diaryl/α,β-unsaturated/α-hetero) is 1. The van der Waals surface area contributed by atoms with Gasteiger partial charge in [0.25, 0.3) is 0 Å². The smallest absolute Gasteiger partial charge is 0.164 e. The Morgan fingerprint density at radius 3 is 2.06 bits per heavy atom. The van der Waals surface area contributed by atoms with E-state index < -0.39 is 0 Å². The molecule has 0 atom stereocenters. The Morgan fingerprint density at radius 1 is 0.875 bits per heavy atom. The Hall–Kier alpha value is -3.66. The molecule has 0 heterocycles. The first kappa shape index (κ1) is 23.0. The fraction of sp³-hybridized carbons (Fsp3) is 0.214. The van der Waals surface area contributed by atoms with Crippen LogP contribution < -0.4 is 9.47 Å². The molecule has 0 unspecified atom stereocenters. The van der Waals surface area contributed by atoms with Gasteiger partial charge in [0.05, 0.1) is 12.8 Å². The van der Waals surface area contributed by atoms with Gasteiger partial charge in [-0.1, -0.05) is 67.2 Å². The largest absolute Gasteiger partial charge is 0.493 e. The predicted molar refractivity (Wildman–Crippen MR) is 131 cm³/mol. The van der Waals surface area contributed by atoms with Gasteiger partial charge >= 0.3 is 0 Å². The van der Waals surface area contributed by atoms with Crippen molar-refractivity contribution >= 4 is 17.2 Å². The minimum Gasteiger partial charge on any atom is -0.493 e. The molecule has 0 aromatic heterocycles. The molecule has 0 fully saturated rings. The first-order chi connectivity index (χ1) is 15.5. The monoisotopic (exact) mass is 427 g/mol. The van der Waals surface area contributed by atoms with E-state index in [2.05, 4.69) is 11.6 Å². The molecule has 0 saturated carbocycles. The van der Waals surface area contributed by atoms with E-state index in [0.717, 1.165) is 16.8 Å². The number of aliphatic imine (C=N–C) groups is 1. The third-order valence-electron chi connectivity index (χ3n) is 4.99. The zero-order chi connectivity index (χ0) is 22.9. The van der Waals surface area contributed by atoms with Crippen LogP contribution in [-0.4, -0.2) is 18.6 Å². The van der Waals surface area contributed by atoms with Crippen molar-refractivity contribution in [3.05, 3.63) is 102 Å². The van der Waals surface area contributed by atoms with Gasteiger partial charge < -0.3 is 9.47 Å². The second kappa shape index (κ2) is 11.1. The van der Waals surface area contributed by atoms with Crippen LogP contribution in [0.4, 0.5) is 0 Å². The van der Waals surface area contributed by atoms with Crippen LogP contribution in [0.25, 0.3) is 5.70 Å². The molecule has 32 heavy (non-hydrogen) atoms. The molecule has 0 radical (unpaired) electrons. The molecule has 3 rings (SSSR count). The minimum absolute atomic E-state index is 0.0150. The Kier molecular flexibility index (Phi) is 7.98. The third kappa shape index (κ3) is 6.17. The van der Waals surface area contributed by atoms with Gasteiger partial charge in [-0.25, -0.2) is 0 Å². The summed E-state index contributed by atoms with van der Waals surface area (Å²) in [5.74, 6) is 1.08. The van der Waals surface area contributed by atoms with Gasteiger partial charge in [0.1, 0.15) is 6.61 Å². The number of hydrogen-bond donors (Lipinski definition) is 0. The molecule has 0 amide bonds. The second-order valence-corrected chi connectivity index (χ2v) is 7.74. The van der Waals surface area contributed by atoms with Crippen molar-refractivity contribution in [1.29, 1.82) is 0 Å². The first-order valence-corrected chi connectivity index (χ1v) is 10.6. The second-order valence-electron chi connectivity index (χ2n) is 7.74. The molecular formula is C28H29NO3. The SMILES string of the molecule is C=C(N=C(C)C)c1cc(OC)c(OCc2ccccc2)cc1C(=O)CCc1ccccc1. The molecule has 4 nitrogen and oxygen atoms in total. The zero-order valence-corrected chi connectivity index (χ0v) is 18.9. The van der Waals surface area contributed by atoms with E-state index in [9.17, 15) is 4.79 Å². The molecule has 0 bridgehead atoms. The van der Waals surface area contributed by atoms with Gasteiger partial charge in [-0.3, -0.25) is 9.79 Å². The van der Waals surface area contributed by atoms with Crippen molar-refractivity contribution in [3.8, 4) is 11.5 Å². The van der Waals surface area contributed by atoms with Gasteiger partial charge in [-0.05, 0) is 43.5 Å². The number of hydrogen-bond acceptors (Lipinski definition) is 4. The van der Waals surface area contributed by atoms with Crippen LogP contribution in [0.1, 0.15) is 47.3 Å². The molecule has 0 saturated heterocycles. The molecule has 0 N–H and O–H groups in total. The van der Waals surface area contributed by atoms with Crippen LogP contribution in [0.2, 0.25) is 0 Å². The predicted octanol–water partition coefficient (Wildman–Crippen LogP) is 6.54. The fourth-order valence-electron chi connectivity index (χ4n) is 3.40. The van der Waals surface area contributed by atoms with E-state index in [1.807, 2.05) is 74.5 Å². The van der Waals surface area contributed by atoms with E-state index >= 15 is 0 Å². The summed E-state index contributed by atoms with van der Waals surface area (Å²) < 4.78 is 11.6. The van der Waals surface area contributed by atoms with Gasteiger partial charge in [-0.2, -0.15) is 0 Å². The Bertz CT molecular complexity index is 1100. The van der Waals surface area contributed by atoms with E-state index in [4.69, 9.17) is 9.47 Å². The van der Waals surface area contributed by atoms with Crippen molar-refractivity contribution in [2.75, 3.05) is 7.11 Å².